The lowest BCUT2D eigenvalue weighted by Crippen LogP contribution is -2.29. The van der Waals surface area contributed by atoms with Gasteiger partial charge >= 0.3 is 5.97 Å². The lowest BCUT2D eigenvalue weighted by molar-refractivity contribution is -0.137. The molecule has 0 aromatic heterocycles. The predicted molar refractivity (Wildman–Crippen MR) is 75.8 cm³/mol. The van der Waals surface area contributed by atoms with E-state index in [-0.39, 0.29) is 18.9 Å². The minimum Gasteiger partial charge on any atom is -0.482 e. The molecule has 0 atom stereocenters. The Kier molecular flexibility index (Phi) is 7.36. The molecule has 21 heavy (non-hydrogen) atoms. The Bertz CT molecular complexity index is 523. The van der Waals surface area contributed by atoms with Crippen LogP contribution >= 0.6 is 0 Å². The minimum atomic E-state index is -0.802. The van der Waals surface area contributed by atoms with Crippen molar-refractivity contribution >= 4 is 11.9 Å². The number of nitrogens with zero attached hydrogens (tertiary/aromatic N) is 1. The molecule has 0 bridgehead atoms. The normalized spacial score (nSPS) is 9.67. The molecule has 0 saturated heterocycles. The molecule has 0 aliphatic carbocycles. The van der Waals surface area contributed by atoms with Gasteiger partial charge in [-0.25, -0.2) is 0 Å². The van der Waals surface area contributed by atoms with Gasteiger partial charge in [0.05, 0.1) is 5.56 Å². The van der Waals surface area contributed by atoms with Crippen LogP contribution in [-0.2, 0) is 9.59 Å². The van der Waals surface area contributed by atoms with Crippen molar-refractivity contribution in [2.45, 2.75) is 25.7 Å². The van der Waals surface area contributed by atoms with E-state index < -0.39 is 5.97 Å². The fourth-order valence-corrected chi connectivity index (χ4v) is 1.69. The highest BCUT2D eigenvalue weighted by Gasteiger charge is 2.05. The fourth-order valence-electron chi connectivity index (χ4n) is 1.69. The third kappa shape index (κ3) is 6.97. The van der Waals surface area contributed by atoms with Crippen molar-refractivity contribution < 1.29 is 19.4 Å². The summed E-state index contributed by atoms with van der Waals surface area (Å²) in [6.07, 6.45) is 2.25. The van der Waals surface area contributed by atoms with E-state index in [0.717, 1.165) is 12.8 Å². The van der Waals surface area contributed by atoms with Crippen LogP contribution in [0.25, 0.3) is 0 Å². The average Bonchev–Trinajstić information content (AvgIpc) is 2.48. The largest absolute Gasteiger partial charge is 0.482 e. The summed E-state index contributed by atoms with van der Waals surface area (Å²) >= 11 is 0. The van der Waals surface area contributed by atoms with Crippen LogP contribution in [-0.4, -0.2) is 30.1 Å². The second-order valence-corrected chi connectivity index (χ2v) is 4.45. The lowest BCUT2D eigenvalue weighted by atomic mass is 10.2. The van der Waals surface area contributed by atoms with Crippen LogP contribution in [0, 0.1) is 11.3 Å². The van der Waals surface area contributed by atoms with E-state index >= 15 is 0 Å². The topological polar surface area (TPSA) is 99.4 Å². The van der Waals surface area contributed by atoms with Gasteiger partial charge in [0.1, 0.15) is 11.8 Å². The van der Waals surface area contributed by atoms with Crippen LogP contribution in [0.3, 0.4) is 0 Å². The van der Waals surface area contributed by atoms with Crippen LogP contribution in [0.15, 0.2) is 24.3 Å². The van der Waals surface area contributed by atoms with Crippen LogP contribution in [0.2, 0.25) is 0 Å². The third-order valence-corrected chi connectivity index (χ3v) is 2.76. The molecule has 1 amide bonds. The van der Waals surface area contributed by atoms with E-state index in [1.165, 1.54) is 0 Å². The molecule has 0 aliphatic heterocycles. The number of amides is 1. The van der Waals surface area contributed by atoms with Gasteiger partial charge in [0.15, 0.2) is 6.61 Å². The van der Waals surface area contributed by atoms with Gasteiger partial charge in [-0.3, -0.25) is 9.59 Å². The number of nitrogens with one attached hydrogen (secondary N) is 1. The first-order valence-corrected chi connectivity index (χ1v) is 6.74. The van der Waals surface area contributed by atoms with E-state index in [1.54, 1.807) is 24.3 Å². The van der Waals surface area contributed by atoms with Crippen molar-refractivity contribution in [2.75, 3.05) is 13.2 Å². The smallest absolute Gasteiger partial charge is 0.303 e. The quantitative estimate of drug-likeness (QED) is 0.674. The highest BCUT2D eigenvalue weighted by atomic mass is 16.5. The van der Waals surface area contributed by atoms with E-state index in [2.05, 4.69) is 5.32 Å². The first-order valence-electron chi connectivity index (χ1n) is 6.74. The number of rotatable bonds is 9. The Balaban J connectivity index is 2.17. The molecule has 1 aromatic rings. The molecule has 0 saturated carbocycles. The van der Waals surface area contributed by atoms with E-state index in [0.29, 0.717) is 24.3 Å². The van der Waals surface area contributed by atoms with E-state index in [4.69, 9.17) is 15.1 Å². The van der Waals surface area contributed by atoms with Gasteiger partial charge in [-0.15, -0.1) is 0 Å². The molecule has 0 spiro atoms. The Morgan fingerprint density at radius 1 is 1.24 bits per heavy atom. The zero-order chi connectivity index (χ0) is 15.5. The van der Waals surface area contributed by atoms with Gasteiger partial charge in [0.2, 0.25) is 0 Å². The number of hydrogen-bond acceptors (Lipinski definition) is 4. The maximum atomic E-state index is 11.5. The number of unbranched alkanes of at least 4 members (excludes halogenated alkanes) is 2. The van der Waals surface area contributed by atoms with Crippen molar-refractivity contribution in [3.8, 4) is 11.8 Å². The maximum Gasteiger partial charge on any atom is 0.303 e. The first-order chi connectivity index (χ1) is 10.1. The molecule has 0 unspecified atom stereocenters. The summed E-state index contributed by atoms with van der Waals surface area (Å²) in [4.78, 5) is 21.8. The number of hydrogen-bond donors (Lipinski definition) is 2. The van der Waals surface area contributed by atoms with Crippen molar-refractivity contribution in [1.82, 2.24) is 5.32 Å². The molecule has 112 valence electrons. The Labute approximate surface area is 123 Å². The zero-order valence-corrected chi connectivity index (χ0v) is 11.7. The molecule has 0 aliphatic rings. The average molecular weight is 290 g/mol. The Morgan fingerprint density at radius 2 is 2.00 bits per heavy atom. The molecule has 1 rings (SSSR count). The minimum absolute atomic E-state index is 0.145. The number of aliphatic carboxylic acids is 1. The predicted octanol–water partition coefficient (Wildman–Crippen LogP) is 1.70. The summed E-state index contributed by atoms with van der Waals surface area (Å²) in [5.74, 6) is -0.679. The van der Waals surface area contributed by atoms with Crippen LogP contribution in [0.1, 0.15) is 31.2 Å². The molecule has 2 N–H and O–H groups in total. The van der Waals surface area contributed by atoms with Crippen molar-refractivity contribution in [2.24, 2.45) is 0 Å². The first kappa shape index (κ1) is 16.5. The second-order valence-electron chi connectivity index (χ2n) is 4.45. The van der Waals surface area contributed by atoms with Gasteiger partial charge in [0, 0.05) is 13.0 Å². The number of carbonyl (C=O) groups is 2. The summed E-state index contributed by atoms with van der Waals surface area (Å²) < 4.78 is 5.29. The van der Waals surface area contributed by atoms with Gasteiger partial charge in [-0.1, -0.05) is 18.6 Å². The summed E-state index contributed by atoms with van der Waals surface area (Å²) in [5, 5.41) is 20.0. The molecule has 0 radical (unpaired) electrons. The van der Waals surface area contributed by atoms with Crippen molar-refractivity contribution in [1.29, 1.82) is 5.26 Å². The standard InChI is InChI=1S/C15H18N2O4/c16-10-12-6-3-4-7-13(12)21-11-14(18)17-9-5-1-2-8-15(19)20/h3-4,6-7H,1-2,5,8-9,11H2,(H,17,18)(H,19,20). The summed E-state index contributed by atoms with van der Waals surface area (Å²) in [6.45, 7) is 0.343. The Morgan fingerprint density at radius 3 is 2.71 bits per heavy atom. The van der Waals surface area contributed by atoms with Crippen molar-refractivity contribution in [3.63, 3.8) is 0 Å². The Hall–Kier alpha value is -2.55. The van der Waals surface area contributed by atoms with E-state index in [9.17, 15) is 9.59 Å². The number of carbonyl (C=O) groups excluding carboxylic acids is 1. The van der Waals surface area contributed by atoms with Crippen LogP contribution in [0.5, 0.6) is 5.75 Å². The molecule has 6 heteroatoms. The van der Waals surface area contributed by atoms with Crippen LogP contribution < -0.4 is 10.1 Å². The zero-order valence-electron chi connectivity index (χ0n) is 11.7. The number of benzene rings is 1. The van der Waals surface area contributed by atoms with Gasteiger partial charge in [-0.2, -0.15) is 5.26 Å². The van der Waals surface area contributed by atoms with Crippen molar-refractivity contribution in [3.05, 3.63) is 29.8 Å². The molecule has 0 heterocycles. The highest BCUT2D eigenvalue weighted by molar-refractivity contribution is 5.77. The van der Waals surface area contributed by atoms with Crippen LogP contribution in [0.4, 0.5) is 0 Å². The molecule has 0 fully saturated rings. The van der Waals surface area contributed by atoms with E-state index in [1.807, 2.05) is 6.07 Å². The number of para-hydroxylation sites is 1. The van der Waals surface area contributed by atoms with Gasteiger partial charge < -0.3 is 15.2 Å². The monoisotopic (exact) mass is 290 g/mol. The summed E-state index contributed by atoms with van der Waals surface area (Å²) in [5.41, 5.74) is 0.388. The van der Waals surface area contributed by atoms with Gasteiger partial charge in [0.25, 0.3) is 5.91 Å². The SMILES string of the molecule is N#Cc1ccccc1OCC(=O)NCCCCCC(=O)O. The lowest BCUT2D eigenvalue weighted by Gasteiger charge is -2.08. The summed E-state index contributed by atoms with van der Waals surface area (Å²) in [7, 11) is 0. The molecular formula is C15H18N2O4. The number of carboxylic acids is 1. The highest BCUT2D eigenvalue weighted by Crippen LogP contribution is 2.16. The molecule has 6 nitrogen and oxygen atoms in total. The molecule has 1 aromatic carbocycles. The summed E-state index contributed by atoms with van der Waals surface area (Å²) in [6, 6.07) is 8.70. The fraction of sp³-hybridized carbons (Fsp3) is 0.400. The maximum absolute atomic E-state index is 11.5. The third-order valence-electron chi connectivity index (χ3n) is 2.76. The molecular weight excluding hydrogens is 272 g/mol. The number of carboxylic acid groups (broad SMARTS) is 1. The second kappa shape index (κ2) is 9.37. The number of ether oxygens (including phenoxy) is 1. The number of nitriles is 1. The van der Waals surface area contributed by atoms with Gasteiger partial charge in [-0.05, 0) is 25.0 Å².